The highest BCUT2D eigenvalue weighted by Crippen LogP contribution is 2.43. The first-order chi connectivity index (χ1) is 18.0. The number of esters is 1. The summed E-state index contributed by atoms with van der Waals surface area (Å²) in [5.41, 5.74) is -1.75. The zero-order valence-electron chi connectivity index (χ0n) is 21.1. The minimum atomic E-state index is -1.26. The van der Waals surface area contributed by atoms with Crippen molar-refractivity contribution in [3.8, 4) is 17.2 Å². The summed E-state index contributed by atoms with van der Waals surface area (Å²) in [4.78, 5) is 54.9. The third-order valence-corrected chi connectivity index (χ3v) is 6.88. The van der Waals surface area contributed by atoms with E-state index in [1.165, 1.54) is 55.4 Å². The highest BCUT2D eigenvalue weighted by Gasteiger charge is 2.56. The second kappa shape index (κ2) is 10.1. The predicted molar refractivity (Wildman–Crippen MR) is 138 cm³/mol. The van der Waals surface area contributed by atoms with Crippen LogP contribution in [0.15, 0.2) is 50.5 Å². The Bertz CT molecular complexity index is 1530. The number of carbonyl (C=O) groups is 2. The fourth-order valence-electron chi connectivity index (χ4n) is 4.36. The molecule has 1 saturated heterocycles. The molecule has 2 aromatic carbocycles. The van der Waals surface area contributed by atoms with E-state index in [4.69, 9.17) is 41.9 Å². The van der Waals surface area contributed by atoms with Crippen molar-refractivity contribution < 1.29 is 28.3 Å². The smallest absolute Gasteiger partial charge is 0.447 e. The third-order valence-electron chi connectivity index (χ3n) is 6.29. The largest absolute Gasteiger partial charge is 0.495 e. The van der Waals surface area contributed by atoms with Gasteiger partial charge in [0.2, 0.25) is 0 Å². The summed E-state index contributed by atoms with van der Waals surface area (Å²) in [5, 5.41) is 0.360. The third kappa shape index (κ3) is 4.39. The topological polar surface area (TPSA) is 125 Å². The summed E-state index contributed by atoms with van der Waals surface area (Å²) < 4.78 is 22.1. The van der Waals surface area contributed by atoms with Crippen LogP contribution in [0.25, 0.3) is 5.69 Å². The van der Waals surface area contributed by atoms with E-state index in [2.05, 4.69) is 0 Å². The van der Waals surface area contributed by atoms with E-state index in [1.54, 1.807) is 26.0 Å². The molecule has 202 valence electrons. The molecule has 1 fully saturated rings. The van der Waals surface area contributed by atoms with Crippen LogP contribution >= 0.6 is 23.2 Å². The van der Waals surface area contributed by atoms with Crippen molar-refractivity contribution in [2.45, 2.75) is 25.6 Å². The number of benzene rings is 2. The molecule has 0 aliphatic carbocycles. The van der Waals surface area contributed by atoms with Crippen LogP contribution < -0.4 is 25.8 Å². The quantitative estimate of drug-likeness (QED) is 0.399. The maximum atomic E-state index is 13.7. The van der Waals surface area contributed by atoms with E-state index in [-0.39, 0.29) is 21.4 Å². The Hall–Kier alpha value is -3.90. The van der Waals surface area contributed by atoms with Gasteiger partial charge in [0, 0.05) is 5.69 Å². The fourth-order valence-corrected chi connectivity index (χ4v) is 4.86. The number of hydrogen-bond donors (Lipinski definition) is 0. The number of carbonyl (C=O) groups excluding carboxylic acids is 2. The van der Waals surface area contributed by atoms with Crippen LogP contribution in [-0.4, -0.2) is 59.6 Å². The summed E-state index contributed by atoms with van der Waals surface area (Å²) in [7, 11) is 4.06. The normalized spacial score (nSPS) is 16.6. The molecule has 0 N–H and O–H groups in total. The molecule has 38 heavy (non-hydrogen) atoms. The maximum Gasteiger partial charge on any atom is 0.447 e. The maximum absolute atomic E-state index is 13.7. The Morgan fingerprint density at radius 1 is 0.947 bits per heavy atom. The molecule has 0 spiro atoms. The number of aromatic nitrogens is 2. The first kappa shape index (κ1) is 27.1. The Labute approximate surface area is 226 Å². The summed E-state index contributed by atoms with van der Waals surface area (Å²) in [6, 6.07) is 8.24. The molecule has 2 amide bonds. The monoisotopic (exact) mass is 566 g/mol. The lowest BCUT2D eigenvalue weighted by Gasteiger charge is -2.33. The molecule has 4 rings (SSSR count). The molecule has 1 unspecified atom stereocenters. The number of nitrogens with zero attached hydrogens (tertiary/aromatic N) is 4. The van der Waals surface area contributed by atoms with E-state index >= 15 is 0 Å². The Morgan fingerprint density at radius 2 is 1.50 bits per heavy atom. The van der Waals surface area contributed by atoms with E-state index in [1.807, 2.05) is 0 Å². The minimum Gasteiger partial charge on any atom is -0.495 e. The standard InChI is InChI=1S/C24H24Cl2N4O8/c1-24(2)20(30-22(33)29(23(34)38-30)14-7-9-18(36-4)16(26)11-14)28(21(32)27(24)12-19(31)37-5)13-6-8-17(35-3)15(25)10-13/h6-11,20H,12H2,1-5H3. The Balaban J connectivity index is 1.92. The second-order valence-electron chi connectivity index (χ2n) is 8.78. The number of rotatable bonds is 7. The molecule has 1 aliphatic rings. The molecule has 1 atom stereocenters. The van der Waals surface area contributed by atoms with Crippen LogP contribution in [0.2, 0.25) is 10.0 Å². The number of ether oxygens (including phenoxy) is 3. The van der Waals surface area contributed by atoms with Crippen LogP contribution in [0.1, 0.15) is 20.0 Å². The first-order valence-electron chi connectivity index (χ1n) is 11.2. The van der Waals surface area contributed by atoms with Crippen LogP contribution in [-0.2, 0) is 9.53 Å². The SMILES string of the molecule is COC(=O)CN1C(=O)N(c2ccc(OC)c(Cl)c2)C(n2oc(=O)n(-c3ccc(OC)c(Cl)c3)c2=O)C1(C)C. The van der Waals surface area contributed by atoms with Crippen molar-refractivity contribution in [3.05, 3.63) is 67.5 Å². The van der Waals surface area contributed by atoms with Gasteiger partial charge in [-0.2, -0.15) is 4.57 Å². The van der Waals surface area contributed by atoms with Gasteiger partial charge < -0.3 is 23.6 Å². The number of urea groups is 1. The lowest BCUT2D eigenvalue weighted by molar-refractivity contribution is -0.142. The number of methoxy groups -OCH3 is 3. The van der Waals surface area contributed by atoms with Crippen molar-refractivity contribution >= 4 is 40.9 Å². The van der Waals surface area contributed by atoms with Crippen LogP contribution in [0.4, 0.5) is 10.5 Å². The molecule has 0 bridgehead atoms. The van der Waals surface area contributed by atoms with E-state index in [9.17, 15) is 19.2 Å². The number of hydrogen-bond acceptors (Lipinski definition) is 8. The summed E-state index contributed by atoms with van der Waals surface area (Å²) in [6.45, 7) is 2.82. The molecule has 3 aromatic rings. The fraction of sp³-hybridized carbons (Fsp3) is 0.333. The first-order valence-corrected chi connectivity index (χ1v) is 11.9. The minimum absolute atomic E-state index is 0.126. The summed E-state index contributed by atoms with van der Waals surface area (Å²) in [5.74, 6) is -0.996. The molecular formula is C24H24Cl2N4O8. The van der Waals surface area contributed by atoms with Crippen molar-refractivity contribution in [1.82, 2.24) is 14.2 Å². The van der Waals surface area contributed by atoms with Gasteiger partial charge in [0.1, 0.15) is 18.0 Å². The van der Waals surface area contributed by atoms with Gasteiger partial charge in [0.25, 0.3) is 0 Å². The highest BCUT2D eigenvalue weighted by molar-refractivity contribution is 6.32. The lowest BCUT2D eigenvalue weighted by Crippen LogP contribution is -2.48. The molecule has 0 radical (unpaired) electrons. The van der Waals surface area contributed by atoms with Crippen molar-refractivity contribution in [1.29, 1.82) is 0 Å². The molecule has 1 aromatic heterocycles. The van der Waals surface area contributed by atoms with Gasteiger partial charge in [-0.25, -0.2) is 14.4 Å². The van der Waals surface area contributed by atoms with Crippen molar-refractivity contribution in [2.24, 2.45) is 0 Å². The van der Waals surface area contributed by atoms with E-state index < -0.39 is 41.7 Å². The van der Waals surface area contributed by atoms with Gasteiger partial charge in [-0.1, -0.05) is 23.2 Å². The molecular weight excluding hydrogens is 543 g/mol. The van der Waals surface area contributed by atoms with Gasteiger partial charge in [-0.15, -0.1) is 4.74 Å². The predicted octanol–water partition coefficient (Wildman–Crippen LogP) is 3.31. The average Bonchev–Trinajstić information content (AvgIpc) is 3.27. The number of amides is 2. The number of anilines is 1. The molecule has 14 heteroatoms. The van der Waals surface area contributed by atoms with Gasteiger partial charge in [-0.3, -0.25) is 9.69 Å². The van der Waals surface area contributed by atoms with Gasteiger partial charge in [-0.05, 0) is 50.2 Å². The highest BCUT2D eigenvalue weighted by atomic mass is 35.5. The van der Waals surface area contributed by atoms with E-state index in [0.717, 1.165) is 9.31 Å². The average molecular weight is 567 g/mol. The number of halogens is 2. The van der Waals surface area contributed by atoms with Crippen LogP contribution in [0.5, 0.6) is 11.5 Å². The lowest BCUT2D eigenvalue weighted by atomic mass is 10.0. The summed E-state index contributed by atoms with van der Waals surface area (Å²) in [6.07, 6.45) is -1.22. The van der Waals surface area contributed by atoms with Crippen molar-refractivity contribution in [3.63, 3.8) is 0 Å². The van der Waals surface area contributed by atoms with Crippen molar-refractivity contribution in [2.75, 3.05) is 32.8 Å². The van der Waals surface area contributed by atoms with Gasteiger partial charge >= 0.3 is 23.4 Å². The Kier molecular flexibility index (Phi) is 7.22. The van der Waals surface area contributed by atoms with E-state index in [0.29, 0.717) is 11.5 Å². The van der Waals surface area contributed by atoms with Gasteiger partial charge in [0.05, 0.1) is 42.6 Å². The molecule has 2 heterocycles. The Morgan fingerprint density at radius 3 is 2.03 bits per heavy atom. The second-order valence-corrected chi connectivity index (χ2v) is 9.60. The zero-order chi connectivity index (χ0) is 27.9. The molecule has 1 aliphatic heterocycles. The molecule has 0 saturated carbocycles. The summed E-state index contributed by atoms with van der Waals surface area (Å²) >= 11 is 12.5. The van der Waals surface area contributed by atoms with Crippen LogP contribution in [0.3, 0.4) is 0 Å². The molecule has 12 nitrogen and oxygen atoms in total. The van der Waals surface area contributed by atoms with Crippen LogP contribution in [0, 0.1) is 0 Å². The van der Waals surface area contributed by atoms with Gasteiger partial charge in [0.15, 0.2) is 6.17 Å². The zero-order valence-corrected chi connectivity index (χ0v) is 22.6.